The lowest BCUT2D eigenvalue weighted by Gasteiger charge is -2.09. The third-order valence-electron chi connectivity index (χ3n) is 4.09. The standard InChI is InChI=1S/C22H23N7O2/c1-2-14(11-23)21(30)28-19-5-3-4-16(10-19)20(26)31-22(27)29-18-8-6-15(7-9-18)17(12-24)13-25/h2-13,23-24,26H,25H2,1H3,(H2,27,29)(H,28,30)/b14-2+,17-13?,23-11?,24-12?,26-20?. The van der Waals surface area contributed by atoms with Gasteiger partial charge in [-0.25, -0.2) is 0 Å². The van der Waals surface area contributed by atoms with Gasteiger partial charge in [0.05, 0.1) is 11.3 Å². The van der Waals surface area contributed by atoms with Crippen LogP contribution in [0.4, 0.5) is 11.4 Å². The Kier molecular flexibility index (Phi) is 7.97. The lowest BCUT2D eigenvalue weighted by Crippen LogP contribution is -2.21. The predicted octanol–water partition coefficient (Wildman–Crippen LogP) is 3.16. The van der Waals surface area contributed by atoms with E-state index >= 15 is 0 Å². The van der Waals surface area contributed by atoms with Crippen LogP contribution in [0.1, 0.15) is 18.1 Å². The Hall–Kier alpha value is -4.53. The number of carbonyl (C=O) groups excluding carboxylic acids is 1. The van der Waals surface area contributed by atoms with E-state index < -0.39 is 5.91 Å². The van der Waals surface area contributed by atoms with Crippen molar-refractivity contribution in [2.45, 2.75) is 6.92 Å². The Morgan fingerprint density at radius 2 is 1.81 bits per heavy atom. The maximum Gasteiger partial charge on any atom is 0.294 e. The first-order valence-electron chi connectivity index (χ1n) is 9.13. The number of nitrogens with zero attached hydrogens (tertiary/aromatic N) is 1. The fourth-order valence-electron chi connectivity index (χ4n) is 2.49. The van der Waals surface area contributed by atoms with Crippen LogP contribution in [-0.4, -0.2) is 30.3 Å². The number of amidine groups is 1. The highest BCUT2D eigenvalue weighted by Crippen LogP contribution is 2.18. The van der Waals surface area contributed by atoms with Crippen molar-refractivity contribution in [2.24, 2.45) is 16.5 Å². The summed E-state index contributed by atoms with van der Waals surface area (Å²) >= 11 is 0. The fourth-order valence-corrected chi connectivity index (χ4v) is 2.49. The van der Waals surface area contributed by atoms with Crippen molar-refractivity contribution in [1.29, 1.82) is 16.2 Å². The number of amides is 1. The molecule has 0 saturated heterocycles. The molecule has 0 aliphatic heterocycles. The molecule has 2 aromatic rings. The van der Waals surface area contributed by atoms with Gasteiger partial charge >= 0.3 is 0 Å². The second-order valence-corrected chi connectivity index (χ2v) is 6.12. The highest BCUT2D eigenvalue weighted by molar-refractivity contribution is 6.17. The van der Waals surface area contributed by atoms with E-state index in [4.69, 9.17) is 32.4 Å². The Morgan fingerprint density at radius 3 is 2.39 bits per heavy atom. The van der Waals surface area contributed by atoms with E-state index in [1.165, 1.54) is 12.3 Å². The van der Waals surface area contributed by atoms with Gasteiger partial charge in [0.25, 0.3) is 11.9 Å². The summed E-state index contributed by atoms with van der Waals surface area (Å²) < 4.78 is 5.29. The molecule has 0 heterocycles. The average molecular weight is 417 g/mol. The van der Waals surface area contributed by atoms with E-state index in [2.05, 4.69) is 10.3 Å². The molecule has 2 rings (SSSR count). The third-order valence-corrected chi connectivity index (χ3v) is 4.09. The molecule has 0 atom stereocenters. The molecule has 0 aliphatic carbocycles. The van der Waals surface area contributed by atoms with Gasteiger partial charge in [0.15, 0.2) is 0 Å². The second-order valence-electron chi connectivity index (χ2n) is 6.12. The molecule has 0 bridgehead atoms. The second kappa shape index (κ2) is 10.9. The quantitative estimate of drug-likeness (QED) is 0.231. The minimum Gasteiger partial charge on any atom is -0.407 e. The largest absolute Gasteiger partial charge is 0.407 e. The molecule has 0 saturated carbocycles. The van der Waals surface area contributed by atoms with Gasteiger partial charge in [-0.3, -0.25) is 10.2 Å². The van der Waals surface area contributed by atoms with Crippen molar-refractivity contribution in [1.82, 2.24) is 0 Å². The summed E-state index contributed by atoms with van der Waals surface area (Å²) in [6, 6.07) is 13.1. The van der Waals surface area contributed by atoms with Gasteiger partial charge in [-0.2, -0.15) is 4.99 Å². The maximum absolute atomic E-state index is 12.1. The molecule has 9 nitrogen and oxygen atoms in total. The van der Waals surface area contributed by atoms with E-state index in [9.17, 15) is 4.79 Å². The number of benzene rings is 2. The first-order valence-corrected chi connectivity index (χ1v) is 9.13. The number of hydrogen-bond donors (Lipinski definition) is 6. The topological polar surface area (TPSA) is 174 Å². The number of aliphatic imine (C=N–C) groups is 1. The van der Waals surface area contributed by atoms with Crippen molar-refractivity contribution in [3.05, 3.63) is 77.5 Å². The number of ether oxygens (including phenoxy) is 1. The SMILES string of the molecule is C/C=C(\C=N)C(=O)Nc1cccc(C(=N)OC(N)=Nc2ccc(C(C=N)=CN)cc2)c1. The van der Waals surface area contributed by atoms with Crippen LogP contribution in [0.15, 0.2) is 71.4 Å². The Bertz CT molecular complexity index is 1080. The van der Waals surface area contributed by atoms with Crippen LogP contribution in [0.2, 0.25) is 0 Å². The molecule has 8 N–H and O–H groups in total. The number of carbonyl (C=O) groups is 1. The van der Waals surface area contributed by atoms with E-state index in [0.29, 0.717) is 22.5 Å². The number of allylic oxidation sites excluding steroid dienone is 2. The smallest absolute Gasteiger partial charge is 0.294 e. The van der Waals surface area contributed by atoms with Gasteiger partial charge in [0.2, 0.25) is 5.90 Å². The molecule has 0 aliphatic rings. The number of anilines is 1. The van der Waals surface area contributed by atoms with E-state index in [1.54, 1.807) is 55.5 Å². The number of hydrogen-bond acceptors (Lipinski definition) is 7. The molecule has 9 heteroatoms. The zero-order chi connectivity index (χ0) is 22.8. The van der Waals surface area contributed by atoms with Crippen molar-refractivity contribution < 1.29 is 9.53 Å². The Balaban J connectivity index is 2.10. The molecule has 31 heavy (non-hydrogen) atoms. The van der Waals surface area contributed by atoms with E-state index in [0.717, 1.165) is 18.0 Å². The lowest BCUT2D eigenvalue weighted by atomic mass is 10.1. The van der Waals surface area contributed by atoms with Crippen LogP contribution in [0.25, 0.3) is 5.57 Å². The van der Waals surface area contributed by atoms with Crippen LogP contribution in [0.3, 0.4) is 0 Å². The predicted molar refractivity (Wildman–Crippen MR) is 124 cm³/mol. The molecule has 0 aromatic heterocycles. The van der Waals surface area contributed by atoms with Crippen molar-refractivity contribution in [3.63, 3.8) is 0 Å². The number of rotatable bonds is 7. The van der Waals surface area contributed by atoms with E-state index in [-0.39, 0.29) is 17.5 Å². The summed E-state index contributed by atoms with van der Waals surface area (Å²) in [6.07, 6.45) is 4.98. The average Bonchev–Trinajstić information content (AvgIpc) is 2.76. The van der Waals surface area contributed by atoms with E-state index in [1.807, 2.05) is 0 Å². The first-order chi connectivity index (χ1) is 14.9. The molecule has 0 radical (unpaired) electrons. The minimum absolute atomic E-state index is 0.216. The first kappa shape index (κ1) is 22.8. The van der Waals surface area contributed by atoms with Gasteiger partial charge in [-0.1, -0.05) is 24.3 Å². The number of nitrogens with two attached hydrogens (primary N) is 2. The van der Waals surface area contributed by atoms with Crippen LogP contribution < -0.4 is 16.8 Å². The van der Waals surface area contributed by atoms with Crippen molar-refractivity contribution >= 4 is 47.2 Å². The molecule has 158 valence electrons. The van der Waals surface area contributed by atoms with Gasteiger partial charge in [-0.15, -0.1) is 0 Å². The van der Waals surface area contributed by atoms with Crippen LogP contribution in [0, 0.1) is 16.2 Å². The van der Waals surface area contributed by atoms with Gasteiger partial charge < -0.3 is 32.3 Å². The Labute approximate surface area is 179 Å². The summed E-state index contributed by atoms with van der Waals surface area (Å²) in [5.41, 5.74) is 14.1. The molecular weight excluding hydrogens is 394 g/mol. The molecule has 1 amide bonds. The highest BCUT2D eigenvalue weighted by Gasteiger charge is 2.10. The minimum atomic E-state index is -0.428. The molecule has 0 fully saturated rings. The molecule has 0 spiro atoms. The number of nitrogens with one attached hydrogen (secondary N) is 4. The van der Waals surface area contributed by atoms with Crippen LogP contribution in [-0.2, 0) is 9.53 Å². The fraction of sp³-hybridized carbons (Fsp3) is 0.0455. The van der Waals surface area contributed by atoms with Gasteiger partial charge in [0, 0.05) is 35.5 Å². The maximum atomic E-state index is 12.1. The summed E-state index contributed by atoms with van der Waals surface area (Å²) in [5, 5.41) is 25.3. The highest BCUT2D eigenvalue weighted by atomic mass is 16.5. The Morgan fingerprint density at radius 1 is 1.10 bits per heavy atom. The normalized spacial score (nSPS) is 12.1. The monoisotopic (exact) mass is 417 g/mol. The third kappa shape index (κ3) is 6.23. The summed E-state index contributed by atoms with van der Waals surface area (Å²) in [5.74, 6) is -0.674. The van der Waals surface area contributed by atoms with Gasteiger partial charge in [-0.05, 0) is 42.8 Å². The lowest BCUT2D eigenvalue weighted by molar-refractivity contribution is -0.112. The van der Waals surface area contributed by atoms with Crippen molar-refractivity contribution in [2.75, 3.05) is 5.32 Å². The zero-order valence-corrected chi connectivity index (χ0v) is 16.8. The molecule has 0 unspecified atom stereocenters. The molecule has 2 aromatic carbocycles. The van der Waals surface area contributed by atoms with Crippen LogP contribution in [0.5, 0.6) is 0 Å². The summed E-state index contributed by atoms with van der Waals surface area (Å²) in [6.45, 7) is 1.66. The van der Waals surface area contributed by atoms with Crippen LogP contribution >= 0.6 is 0 Å². The summed E-state index contributed by atoms with van der Waals surface area (Å²) in [7, 11) is 0. The molecular formula is C22H23N7O2. The van der Waals surface area contributed by atoms with Crippen molar-refractivity contribution in [3.8, 4) is 0 Å². The summed E-state index contributed by atoms with van der Waals surface area (Å²) in [4.78, 5) is 16.2. The van der Waals surface area contributed by atoms with Gasteiger partial charge in [0.1, 0.15) is 0 Å². The zero-order valence-electron chi connectivity index (χ0n) is 16.8.